The molecule has 1 aromatic carbocycles. The predicted molar refractivity (Wildman–Crippen MR) is 93.7 cm³/mol. The van der Waals surface area contributed by atoms with Gasteiger partial charge in [0.2, 0.25) is 5.91 Å². The number of rotatable bonds is 6. The summed E-state index contributed by atoms with van der Waals surface area (Å²) in [4.78, 5) is 17.5. The van der Waals surface area contributed by atoms with Crippen molar-refractivity contribution in [1.82, 2.24) is 10.3 Å². The Labute approximate surface area is 142 Å². The number of thiazole rings is 1. The Bertz CT molecular complexity index is 748. The summed E-state index contributed by atoms with van der Waals surface area (Å²) in [6, 6.07) is 11.9. The van der Waals surface area contributed by atoms with Gasteiger partial charge in [0.25, 0.3) is 0 Å². The van der Waals surface area contributed by atoms with E-state index in [9.17, 15) is 4.79 Å². The topological polar surface area (TPSA) is 42.0 Å². The molecule has 0 saturated heterocycles. The van der Waals surface area contributed by atoms with Crippen LogP contribution in [0.25, 0.3) is 10.2 Å². The first kappa shape index (κ1) is 15.5. The van der Waals surface area contributed by atoms with Gasteiger partial charge in [-0.25, -0.2) is 4.98 Å². The van der Waals surface area contributed by atoms with E-state index in [1.165, 1.54) is 16.0 Å². The highest BCUT2D eigenvalue weighted by molar-refractivity contribution is 7.18. The molecule has 0 aliphatic rings. The first-order chi connectivity index (χ1) is 10.7. The molecule has 0 saturated carbocycles. The standard InChI is InChI=1S/C16H15ClN2OS2/c17-14-9-8-11(21-14)10-18-15(20)6-3-7-16-19-12-4-1-2-5-13(12)22-16/h1-2,4-5,8-9H,3,6-7,10H2,(H,18,20). The average Bonchev–Trinajstić information content (AvgIpc) is 3.10. The summed E-state index contributed by atoms with van der Waals surface area (Å²) >= 11 is 9.06. The number of benzene rings is 1. The largest absolute Gasteiger partial charge is 0.351 e. The summed E-state index contributed by atoms with van der Waals surface area (Å²) in [5, 5.41) is 4.02. The van der Waals surface area contributed by atoms with Gasteiger partial charge >= 0.3 is 0 Å². The number of nitrogens with zero attached hydrogens (tertiary/aromatic N) is 1. The van der Waals surface area contributed by atoms with Crippen LogP contribution in [0.15, 0.2) is 36.4 Å². The van der Waals surface area contributed by atoms with E-state index in [4.69, 9.17) is 11.6 Å². The van der Waals surface area contributed by atoms with Crippen molar-refractivity contribution in [2.24, 2.45) is 0 Å². The maximum atomic E-state index is 11.8. The molecule has 22 heavy (non-hydrogen) atoms. The molecular weight excluding hydrogens is 336 g/mol. The van der Waals surface area contributed by atoms with Crippen LogP contribution >= 0.6 is 34.3 Å². The number of nitrogens with one attached hydrogen (secondary N) is 1. The van der Waals surface area contributed by atoms with E-state index in [1.807, 2.05) is 30.3 Å². The SMILES string of the molecule is O=C(CCCc1nc2ccccc2s1)NCc1ccc(Cl)s1. The second-order valence-corrected chi connectivity index (χ2v) is 7.83. The van der Waals surface area contributed by atoms with Gasteiger partial charge in [0, 0.05) is 11.3 Å². The molecule has 1 N–H and O–H groups in total. The van der Waals surface area contributed by atoms with E-state index in [1.54, 1.807) is 11.3 Å². The van der Waals surface area contributed by atoms with Gasteiger partial charge in [0.05, 0.1) is 26.1 Å². The van der Waals surface area contributed by atoms with Gasteiger partial charge in [-0.2, -0.15) is 0 Å². The summed E-state index contributed by atoms with van der Waals surface area (Å²) in [5.74, 6) is 0.0747. The molecule has 0 radical (unpaired) electrons. The molecule has 3 nitrogen and oxygen atoms in total. The second-order valence-electron chi connectivity index (χ2n) is 4.91. The Balaban J connectivity index is 1.43. The Hall–Kier alpha value is -1.43. The molecule has 114 valence electrons. The van der Waals surface area contributed by atoms with E-state index in [-0.39, 0.29) is 5.91 Å². The Morgan fingerprint density at radius 2 is 2.05 bits per heavy atom. The summed E-state index contributed by atoms with van der Waals surface area (Å²) in [7, 11) is 0. The van der Waals surface area contributed by atoms with E-state index in [2.05, 4.69) is 16.4 Å². The number of halogens is 1. The molecule has 0 atom stereocenters. The highest BCUT2D eigenvalue weighted by Gasteiger charge is 2.06. The molecule has 2 heterocycles. The number of carbonyl (C=O) groups excluding carboxylic acids is 1. The summed E-state index contributed by atoms with van der Waals surface area (Å²) in [6.07, 6.45) is 2.18. The van der Waals surface area contributed by atoms with Crippen molar-refractivity contribution < 1.29 is 4.79 Å². The van der Waals surface area contributed by atoms with Crippen molar-refractivity contribution in [3.8, 4) is 0 Å². The molecule has 6 heteroatoms. The third-order valence-corrected chi connectivity index (χ3v) is 5.55. The number of amides is 1. The average molecular weight is 351 g/mol. The van der Waals surface area contributed by atoms with Crippen LogP contribution in [0, 0.1) is 0 Å². The van der Waals surface area contributed by atoms with Crippen molar-refractivity contribution in [2.75, 3.05) is 0 Å². The van der Waals surface area contributed by atoms with Crippen LogP contribution in [0.1, 0.15) is 22.7 Å². The number of para-hydroxylation sites is 1. The lowest BCUT2D eigenvalue weighted by Gasteiger charge is -2.02. The highest BCUT2D eigenvalue weighted by Crippen LogP contribution is 2.23. The molecule has 3 aromatic rings. The fraction of sp³-hybridized carbons (Fsp3) is 0.250. The van der Waals surface area contributed by atoms with Gasteiger partial charge in [0.1, 0.15) is 0 Å². The minimum absolute atomic E-state index is 0.0747. The van der Waals surface area contributed by atoms with Crippen molar-refractivity contribution in [2.45, 2.75) is 25.8 Å². The molecule has 0 aliphatic heterocycles. The third kappa shape index (κ3) is 4.06. The fourth-order valence-corrected chi connectivity index (χ4v) is 4.18. The number of fused-ring (bicyclic) bond motifs is 1. The van der Waals surface area contributed by atoms with Gasteiger partial charge in [-0.3, -0.25) is 4.79 Å². The lowest BCUT2D eigenvalue weighted by molar-refractivity contribution is -0.121. The molecule has 1 amide bonds. The van der Waals surface area contributed by atoms with E-state index in [0.29, 0.717) is 13.0 Å². The Morgan fingerprint density at radius 3 is 2.82 bits per heavy atom. The maximum absolute atomic E-state index is 11.8. The van der Waals surface area contributed by atoms with Gasteiger partial charge in [-0.15, -0.1) is 22.7 Å². The molecule has 0 aliphatic carbocycles. The number of carbonyl (C=O) groups is 1. The number of hydrogen-bond donors (Lipinski definition) is 1. The number of aryl methyl sites for hydroxylation is 1. The molecule has 0 bridgehead atoms. The first-order valence-corrected chi connectivity index (χ1v) is 9.07. The number of thiophene rings is 1. The Kier molecular flexibility index (Phi) is 5.08. The second kappa shape index (κ2) is 7.22. The molecule has 2 aromatic heterocycles. The maximum Gasteiger partial charge on any atom is 0.220 e. The molecular formula is C16H15ClN2OS2. The molecule has 3 rings (SSSR count). The van der Waals surface area contributed by atoms with Crippen LogP contribution in [0.4, 0.5) is 0 Å². The van der Waals surface area contributed by atoms with Crippen molar-refractivity contribution in [3.63, 3.8) is 0 Å². The van der Waals surface area contributed by atoms with Gasteiger partial charge in [-0.1, -0.05) is 23.7 Å². The highest BCUT2D eigenvalue weighted by atomic mass is 35.5. The quantitative estimate of drug-likeness (QED) is 0.703. The van der Waals surface area contributed by atoms with Gasteiger partial charge in [-0.05, 0) is 37.1 Å². The zero-order valence-electron chi connectivity index (χ0n) is 11.8. The summed E-state index contributed by atoms with van der Waals surface area (Å²) in [6.45, 7) is 0.553. The van der Waals surface area contributed by atoms with Gasteiger partial charge < -0.3 is 5.32 Å². The van der Waals surface area contributed by atoms with Crippen LogP contribution in [0.3, 0.4) is 0 Å². The third-order valence-electron chi connectivity index (χ3n) is 3.22. The molecule has 0 unspecified atom stereocenters. The van der Waals surface area contributed by atoms with E-state index in [0.717, 1.165) is 32.6 Å². The zero-order chi connectivity index (χ0) is 15.4. The van der Waals surface area contributed by atoms with Crippen LogP contribution in [0.5, 0.6) is 0 Å². The molecule has 0 spiro atoms. The number of hydrogen-bond acceptors (Lipinski definition) is 4. The molecule has 0 fully saturated rings. The van der Waals surface area contributed by atoms with Crippen molar-refractivity contribution in [1.29, 1.82) is 0 Å². The van der Waals surface area contributed by atoms with Crippen LogP contribution in [0.2, 0.25) is 4.34 Å². The Morgan fingerprint density at radius 1 is 1.18 bits per heavy atom. The van der Waals surface area contributed by atoms with Crippen LogP contribution in [-0.4, -0.2) is 10.9 Å². The smallest absolute Gasteiger partial charge is 0.220 e. The summed E-state index contributed by atoms with van der Waals surface area (Å²) < 4.78 is 1.96. The minimum atomic E-state index is 0.0747. The first-order valence-electron chi connectivity index (χ1n) is 7.06. The number of aromatic nitrogens is 1. The monoisotopic (exact) mass is 350 g/mol. The lowest BCUT2D eigenvalue weighted by atomic mass is 10.2. The lowest BCUT2D eigenvalue weighted by Crippen LogP contribution is -2.21. The zero-order valence-corrected chi connectivity index (χ0v) is 14.2. The van der Waals surface area contributed by atoms with E-state index >= 15 is 0 Å². The van der Waals surface area contributed by atoms with Crippen LogP contribution < -0.4 is 5.32 Å². The fourth-order valence-electron chi connectivity index (χ4n) is 2.15. The minimum Gasteiger partial charge on any atom is -0.351 e. The van der Waals surface area contributed by atoms with Crippen molar-refractivity contribution >= 4 is 50.4 Å². The normalized spacial score (nSPS) is 11.0. The van der Waals surface area contributed by atoms with Gasteiger partial charge in [0.15, 0.2) is 0 Å². The van der Waals surface area contributed by atoms with Crippen molar-refractivity contribution in [3.05, 3.63) is 50.6 Å². The van der Waals surface area contributed by atoms with E-state index < -0.39 is 0 Å². The predicted octanol–water partition coefficient (Wildman–Crippen LogP) is 4.65. The van der Waals surface area contributed by atoms with Crippen LogP contribution in [-0.2, 0) is 17.8 Å². The summed E-state index contributed by atoms with van der Waals surface area (Å²) in [5.41, 5.74) is 1.04.